The van der Waals surface area contributed by atoms with E-state index >= 15 is 0 Å². The summed E-state index contributed by atoms with van der Waals surface area (Å²) >= 11 is 0. The predicted molar refractivity (Wildman–Crippen MR) is 108 cm³/mol. The van der Waals surface area contributed by atoms with E-state index in [9.17, 15) is 9.59 Å². The lowest BCUT2D eigenvalue weighted by molar-refractivity contribution is -0.136. The third-order valence-electron chi connectivity index (χ3n) is 3.92. The minimum atomic E-state index is -0.658. The van der Waals surface area contributed by atoms with Crippen LogP contribution in [0.5, 0.6) is 5.75 Å². The number of benzene rings is 2. The summed E-state index contributed by atoms with van der Waals surface area (Å²) in [5.41, 5.74) is 1.85. The molecule has 144 valence electrons. The lowest BCUT2D eigenvalue weighted by Crippen LogP contribution is -2.35. The minimum absolute atomic E-state index is 0.445. The zero-order valence-corrected chi connectivity index (χ0v) is 16.0. The van der Waals surface area contributed by atoms with Gasteiger partial charge in [0.2, 0.25) is 0 Å². The van der Waals surface area contributed by atoms with Crippen LogP contribution in [0.1, 0.15) is 32.3 Å². The Bertz CT molecular complexity index is 712. The first kappa shape index (κ1) is 20.5. The fraction of sp³-hybridized carbons (Fsp3) is 0.364. The predicted octanol–water partition coefficient (Wildman–Crippen LogP) is 3.80. The lowest BCUT2D eigenvalue weighted by Gasteiger charge is -2.10. The average Bonchev–Trinajstić information content (AvgIpc) is 2.67. The molecule has 2 amide bonds. The molecule has 0 unspecified atom stereocenters. The smallest absolute Gasteiger partial charge is 0.313 e. The summed E-state index contributed by atoms with van der Waals surface area (Å²) in [5.74, 6) is -0.0888. The lowest BCUT2D eigenvalue weighted by atomic mass is 10.1. The molecule has 5 heteroatoms. The fourth-order valence-electron chi connectivity index (χ4n) is 2.47. The first-order valence-electron chi connectivity index (χ1n) is 9.40. The molecule has 0 aliphatic carbocycles. The zero-order chi connectivity index (χ0) is 19.5. The molecular formula is C22H28N2O3. The van der Waals surface area contributed by atoms with Crippen LogP contribution in [0.25, 0.3) is 0 Å². The Hall–Kier alpha value is -2.82. The Kier molecular flexibility index (Phi) is 8.36. The highest BCUT2D eigenvalue weighted by Crippen LogP contribution is 2.16. The molecule has 0 fully saturated rings. The number of carbonyl (C=O) groups is 2. The van der Waals surface area contributed by atoms with Crippen LogP contribution in [0, 0.1) is 5.92 Å². The summed E-state index contributed by atoms with van der Waals surface area (Å²) in [6, 6.07) is 17.2. The highest BCUT2D eigenvalue weighted by atomic mass is 16.5. The van der Waals surface area contributed by atoms with E-state index in [4.69, 9.17) is 4.74 Å². The zero-order valence-electron chi connectivity index (χ0n) is 16.0. The molecule has 2 aromatic rings. The molecule has 0 aliphatic heterocycles. The molecule has 0 spiro atoms. The quantitative estimate of drug-likeness (QED) is 0.523. The maximum absolute atomic E-state index is 11.9. The number of unbranched alkanes of at least 4 members (excludes halogenated alkanes) is 1. The minimum Gasteiger partial charge on any atom is -0.493 e. The molecule has 2 aromatic carbocycles. The molecule has 2 N–H and O–H groups in total. The van der Waals surface area contributed by atoms with Crippen molar-refractivity contribution in [1.82, 2.24) is 5.32 Å². The van der Waals surface area contributed by atoms with Gasteiger partial charge in [0.15, 0.2) is 0 Å². The van der Waals surface area contributed by atoms with Crippen LogP contribution in [0.4, 0.5) is 5.69 Å². The van der Waals surface area contributed by atoms with Gasteiger partial charge >= 0.3 is 11.8 Å². The summed E-state index contributed by atoms with van der Waals surface area (Å²) in [7, 11) is 0. The summed E-state index contributed by atoms with van der Waals surface area (Å²) in [6.45, 7) is 5.28. The largest absolute Gasteiger partial charge is 0.493 e. The van der Waals surface area contributed by atoms with Crippen LogP contribution in [0.2, 0.25) is 0 Å². The Morgan fingerprint density at radius 1 is 0.926 bits per heavy atom. The van der Waals surface area contributed by atoms with Crippen molar-refractivity contribution in [3.05, 3.63) is 60.2 Å². The number of anilines is 1. The number of carbonyl (C=O) groups excluding carboxylic acids is 2. The second kappa shape index (κ2) is 11.0. The van der Waals surface area contributed by atoms with Crippen molar-refractivity contribution in [3.63, 3.8) is 0 Å². The van der Waals surface area contributed by atoms with Gasteiger partial charge in [0.25, 0.3) is 0 Å². The SMILES string of the molecule is CC(C)COc1ccc(NC(=O)C(=O)NCCCCc2ccccc2)cc1. The highest BCUT2D eigenvalue weighted by Gasteiger charge is 2.13. The maximum Gasteiger partial charge on any atom is 0.313 e. The molecule has 2 rings (SSSR count). The van der Waals surface area contributed by atoms with Gasteiger partial charge in [-0.15, -0.1) is 0 Å². The van der Waals surface area contributed by atoms with Crippen molar-refractivity contribution in [2.75, 3.05) is 18.5 Å². The number of amides is 2. The summed E-state index contributed by atoms with van der Waals surface area (Å²) in [6.07, 6.45) is 2.76. The third kappa shape index (κ3) is 7.94. The molecule has 27 heavy (non-hydrogen) atoms. The van der Waals surface area contributed by atoms with Crippen molar-refractivity contribution in [3.8, 4) is 5.75 Å². The normalized spacial score (nSPS) is 10.5. The highest BCUT2D eigenvalue weighted by molar-refractivity contribution is 6.39. The number of aryl methyl sites for hydroxylation is 1. The third-order valence-corrected chi connectivity index (χ3v) is 3.92. The Balaban J connectivity index is 1.65. The summed E-state index contributed by atoms with van der Waals surface area (Å²) in [5, 5.41) is 5.25. The molecule has 0 saturated heterocycles. The monoisotopic (exact) mass is 368 g/mol. The number of nitrogens with one attached hydrogen (secondary N) is 2. The topological polar surface area (TPSA) is 67.4 Å². The van der Waals surface area contributed by atoms with Crippen molar-refractivity contribution in [2.24, 2.45) is 5.92 Å². The van der Waals surface area contributed by atoms with Crippen LogP contribution in [0.3, 0.4) is 0 Å². The van der Waals surface area contributed by atoms with E-state index in [1.54, 1.807) is 24.3 Å². The Labute approximate surface area is 161 Å². The molecule has 0 radical (unpaired) electrons. The number of hydrogen-bond donors (Lipinski definition) is 2. The van der Waals surface area contributed by atoms with E-state index in [1.807, 2.05) is 18.2 Å². The first-order valence-corrected chi connectivity index (χ1v) is 9.40. The van der Waals surface area contributed by atoms with Gasteiger partial charge in [-0.1, -0.05) is 44.2 Å². The van der Waals surface area contributed by atoms with Gasteiger partial charge < -0.3 is 15.4 Å². The van der Waals surface area contributed by atoms with Crippen LogP contribution in [-0.2, 0) is 16.0 Å². The van der Waals surface area contributed by atoms with Crippen molar-refractivity contribution in [2.45, 2.75) is 33.1 Å². The van der Waals surface area contributed by atoms with E-state index in [2.05, 4.69) is 36.6 Å². The van der Waals surface area contributed by atoms with Gasteiger partial charge in [-0.05, 0) is 55.0 Å². The molecule has 0 heterocycles. The van der Waals surface area contributed by atoms with Crippen LogP contribution >= 0.6 is 0 Å². The van der Waals surface area contributed by atoms with Crippen molar-refractivity contribution < 1.29 is 14.3 Å². The standard InChI is InChI=1S/C22H28N2O3/c1-17(2)16-27-20-13-11-19(12-14-20)24-22(26)21(25)23-15-7-6-10-18-8-4-3-5-9-18/h3-5,8-9,11-14,17H,6-7,10,15-16H2,1-2H3,(H,23,25)(H,24,26). The van der Waals surface area contributed by atoms with Gasteiger partial charge in [0, 0.05) is 12.2 Å². The molecular weight excluding hydrogens is 340 g/mol. The van der Waals surface area contributed by atoms with Gasteiger partial charge in [0.05, 0.1) is 6.61 Å². The van der Waals surface area contributed by atoms with Crippen LogP contribution < -0.4 is 15.4 Å². The maximum atomic E-state index is 11.9. The molecule has 0 aliphatic rings. The number of rotatable bonds is 9. The number of ether oxygens (including phenoxy) is 1. The van der Waals surface area contributed by atoms with Gasteiger partial charge in [-0.25, -0.2) is 0 Å². The van der Waals surface area contributed by atoms with E-state index in [0.717, 1.165) is 25.0 Å². The Morgan fingerprint density at radius 2 is 1.63 bits per heavy atom. The number of hydrogen-bond acceptors (Lipinski definition) is 3. The van der Waals surface area contributed by atoms with E-state index < -0.39 is 11.8 Å². The van der Waals surface area contributed by atoms with Gasteiger partial charge in [-0.3, -0.25) is 9.59 Å². The average molecular weight is 368 g/mol. The molecule has 0 aromatic heterocycles. The summed E-state index contributed by atoms with van der Waals surface area (Å²) in [4.78, 5) is 23.8. The van der Waals surface area contributed by atoms with E-state index in [-0.39, 0.29) is 0 Å². The second-order valence-electron chi connectivity index (χ2n) is 6.88. The van der Waals surface area contributed by atoms with Crippen LogP contribution in [0.15, 0.2) is 54.6 Å². The van der Waals surface area contributed by atoms with Gasteiger partial charge in [-0.2, -0.15) is 0 Å². The molecule has 0 bridgehead atoms. The fourth-order valence-corrected chi connectivity index (χ4v) is 2.47. The first-order chi connectivity index (χ1) is 13.0. The Morgan fingerprint density at radius 3 is 2.30 bits per heavy atom. The van der Waals surface area contributed by atoms with Gasteiger partial charge in [0.1, 0.15) is 5.75 Å². The molecule has 5 nitrogen and oxygen atoms in total. The van der Waals surface area contributed by atoms with Crippen LogP contribution in [-0.4, -0.2) is 25.0 Å². The van der Waals surface area contributed by atoms with E-state index in [1.165, 1.54) is 5.56 Å². The van der Waals surface area contributed by atoms with Crippen molar-refractivity contribution >= 4 is 17.5 Å². The molecule has 0 saturated carbocycles. The summed E-state index contributed by atoms with van der Waals surface area (Å²) < 4.78 is 5.59. The van der Waals surface area contributed by atoms with E-state index in [0.29, 0.717) is 24.8 Å². The second-order valence-corrected chi connectivity index (χ2v) is 6.88. The van der Waals surface area contributed by atoms with Crippen molar-refractivity contribution in [1.29, 1.82) is 0 Å². The molecule has 0 atom stereocenters.